The van der Waals surface area contributed by atoms with Crippen LogP contribution in [0.2, 0.25) is 0 Å². The molecule has 0 radical (unpaired) electrons. The van der Waals surface area contributed by atoms with Gasteiger partial charge in [0.05, 0.1) is 0 Å². The van der Waals surface area contributed by atoms with Crippen LogP contribution < -0.4 is 5.32 Å². The van der Waals surface area contributed by atoms with Crippen molar-refractivity contribution in [3.8, 4) is 0 Å². The van der Waals surface area contributed by atoms with E-state index < -0.39 is 10.2 Å². The van der Waals surface area contributed by atoms with Crippen molar-refractivity contribution >= 4 is 10.2 Å². The molecule has 2 aliphatic rings. The molecule has 0 spiro atoms. The fourth-order valence-electron chi connectivity index (χ4n) is 2.72. The van der Waals surface area contributed by atoms with Crippen LogP contribution in [0.15, 0.2) is 0 Å². The summed E-state index contributed by atoms with van der Waals surface area (Å²) in [5.74, 6) is 0.590. The summed E-state index contributed by atoms with van der Waals surface area (Å²) >= 11 is 0. The Morgan fingerprint density at radius 2 is 1.74 bits per heavy atom. The first-order chi connectivity index (χ1) is 9.07. The van der Waals surface area contributed by atoms with Crippen LogP contribution in [0, 0.1) is 5.92 Å². The first-order valence-electron chi connectivity index (χ1n) is 7.56. The van der Waals surface area contributed by atoms with E-state index in [0.29, 0.717) is 38.1 Å². The van der Waals surface area contributed by atoms with Crippen molar-refractivity contribution in [2.45, 2.75) is 45.6 Å². The van der Waals surface area contributed by atoms with Gasteiger partial charge >= 0.3 is 0 Å². The molecule has 2 rings (SSSR count). The highest BCUT2D eigenvalue weighted by atomic mass is 32.2. The zero-order valence-corrected chi connectivity index (χ0v) is 13.0. The Morgan fingerprint density at radius 3 is 2.21 bits per heavy atom. The van der Waals surface area contributed by atoms with Gasteiger partial charge in [0.25, 0.3) is 10.2 Å². The number of nitrogens with zero attached hydrogens (tertiary/aromatic N) is 2. The van der Waals surface area contributed by atoms with E-state index in [1.165, 1.54) is 12.8 Å². The second kappa shape index (κ2) is 6.52. The average Bonchev–Trinajstić information content (AvgIpc) is 3.04. The molecule has 1 unspecified atom stereocenters. The topological polar surface area (TPSA) is 52.7 Å². The summed E-state index contributed by atoms with van der Waals surface area (Å²) in [6.07, 6.45) is 4.62. The molecule has 5 nitrogen and oxygen atoms in total. The summed E-state index contributed by atoms with van der Waals surface area (Å²) in [6.45, 7) is 7.28. The van der Waals surface area contributed by atoms with Crippen molar-refractivity contribution in [2.24, 2.45) is 5.92 Å². The molecule has 1 aliphatic heterocycles. The molecule has 1 aliphatic carbocycles. The second-order valence-corrected chi connectivity index (χ2v) is 7.57. The molecule has 19 heavy (non-hydrogen) atoms. The maximum atomic E-state index is 12.7. The monoisotopic (exact) mass is 289 g/mol. The summed E-state index contributed by atoms with van der Waals surface area (Å²) in [7, 11) is -3.28. The lowest BCUT2D eigenvalue weighted by Gasteiger charge is -2.30. The lowest BCUT2D eigenvalue weighted by molar-refractivity contribution is 0.318. The minimum atomic E-state index is -3.28. The molecule has 1 atom stereocenters. The van der Waals surface area contributed by atoms with Crippen LogP contribution in [0.3, 0.4) is 0 Å². The molecule has 2 fully saturated rings. The van der Waals surface area contributed by atoms with E-state index in [2.05, 4.69) is 5.32 Å². The predicted molar refractivity (Wildman–Crippen MR) is 77.2 cm³/mol. The summed E-state index contributed by atoms with van der Waals surface area (Å²) < 4.78 is 28.6. The van der Waals surface area contributed by atoms with Crippen LogP contribution in [0.5, 0.6) is 0 Å². The minimum absolute atomic E-state index is 0.337. The van der Waals surface area contributed by atoms with Crippen molar-refractivity contribution < 1.29 is 8.42 Å². The van der Waals surface area contributed by atoms with Gasteiger partial charge in [0.1, 0.15) is 0 Å². The minimum Gasteiger partial charge on any atom is -0.313 e. The first-order valence-corrected chi connectivity index (χ1v) is 8.96. The van der Waals surface area contributed by atoms with E-state index in [1.54, 1.807) is 8.61 Å². The third kappa shape index (κ3) is 3.90. The Bertz CT molecular complexity index is 371. The third-order valence-corrected chi connectivity index (χ3v) is 6.22. The number of hydrogen-bond acceptors (Lipinski definition) is 3. The second-order valence-electron chi connectivity index (χ2n) is 5.65. The summed E-state index contributed by atoms with van der Waals surface area (Å²) in [4.78, 5) is 0. The Morgan fingerprint density at radius 1 is 1.05 bits per heavy atom. The highest BCUT2D eigenvalue weighted by Crippen LogP contribution is 2.31. The summed E-state index contributed by atoms with van der Waals surface area (Å²) in [5, 5.41) is 3.40. The van der Waals surface area contributed by atoms with Gasteiger partial charge in [0, 0.05) is 32.2 Å². The van der Waals surface area contributed by atoms with Crippen LogP contribution >= 0.6 is 0 Å². The molecule has 6 heteroatoms. The molecule has 0 aromatic heterocycles. The third-order valence-electron chi connectivity index (χ3n) is 4.10. The summed E-state index contributed by atoms with van der Waals surface area (Å²) in [6, 6.07) is 0.337. The maximum absolute atomic E-state index is 12.7. The molecule has 0 aromatic rings. The number of hydrogen-bond donors (Lipinski definition) is 1. The van der Waals surface area contributed by atoms with Crippen molar-refractivity contribution in [3.63, 3.8) is 0 Å². The van der Waals surface area contributed by atoms with Gasteiger partial charge in [-0.3, -0.25) is 0 Å². The first kappa shape index (κ1) is 15.2. The molecule has 0 amide bonds. The zero-order chi connectivity index (χ0) is 13.9. The molecule has 112 valence electrons. The van der Waals surface area contributed by atoms with E-state index in [9.17, 15) is 8.42 Å². The lowest BCUT2D eigenvalue weighted by atomic mass is 10.2. The van der Waals surface area contributed by atoms with E-state index in [1.807, 2.05) is 13.8 Å². The van der Waals surface area contributed by atoms with E-state index in [4.69, 9.17) is 0 Å². The van der Waals surface area contributed by atoms with Gasteiger partial charge in [-0.1, -0.05) is 13.8 Å². The van der Waals surface area contributed by atoms with Crippen LogP contribution in [-0.2, 0) is 10.2 Å². The Kier molecular flexibility index (Phi) is 5.22. The Balaban J connectivity index is 2.05. The van der Waals surface area contributed by atoms with Gasteiger partial charge in [0.2, 0.25) is 0 Å². The fraction of sp³-hybridized carbons (Fsp3) is 1.00. The number of rotatable bonds is 8. The van der Waals surface area contributed by atoms with E-state index in [0.717, 1.165) is 19.4 Å². The standard InChI is InChI=1S/C13H27N3O2S/c1-3-15(4-2)19(17,18)16(10-12-7-8-12)11-13-6-5-9-14-13/h12-14H,3-11H2,1-2H3. The molecular formula is C13H27N3O2S. The maximum Gasteiger partial charge on any atom is 0.282 e. The van der Waals surface area contributed by atoms with Crippen LogP contribution in [0.25, 0.3) is 0 Å². The highest BCUT2D eigenvalue weighted by molar-refractivity contribution is 7.86. The van der Waals surface area contributed by atoms with Crippen LogP contribution in [-0.4, -0.2) is 55.8 Å². The Labute approximate surface area is 117 Å². The van der Waals surface area contributed by atoms with E-state index in [-0.39, 0.29) is 0 Å². The SMILES string of the molecule is CCN(CC)S(=O)(=O)N(CC1CC1)CC1CCCN1. The van der Waals surface area contributed by atoms with Crippen LogP contribution in [0.1, 0.15) is 39.5 Å². The molecule has 0 bridgehead atoms. The lowest BCUT2D eigenvalue weighted by Crippen LogP contribution is -2.48. The van der Waals surface area contributed by atoms with E-state index >= 15 is 0 Å². The largest absolute Gasteiger partial charge is 0.313 e. The molecule has 1 heterocycles. The van der Waals surface area contributed by atoms with Crippen LogP contribution in [0.4, 0.5) is 0 Å². The fourth-order valence-corrected chi connectivity index (χ4v) is 4.47. The van der Waals surface area contributed by atoms with Crippen molar-refractivity contribution in [1.82, 2.24) is 13.9 Å². The Hall–Kier alpha value is -0.170. The van der Waals surface area contributed by atoms with Gasteiger partial charge in [-0.25, -0.2) is 0 Å². The van der Waals surface area contributed by atoms with Crippen molar-refractivity contribution in [1.29, 1.82) is 0 Å². The number of nitrogens with one attached hydrogen (secondary N) is 1. The molecular weight excluding hydrogens is 262 g/mol. The highest BCUT2D eigenvalue weighted by Gasteiger charge is 2.35. The molecule has 1 saturated carbocycles. The molecule has 0 aromatic carbocycles. The predicted octanol–water partition coefficient (Wildman–Crippen LogP) is 1.04. The average molecular weight is 289 g/mol. The van der Waals surface area contributed by atoms with Gasteiger partial charge in [0.15, 0.2) is 0 Å². The van der Waals surface area contributed by atoms with Crippen molar-refractivity contribution in [3.05, 3.63) is 0 Å². The zero-order valence-electron chi connectivity index (χ0n) is 12.1. The van der Waals surface area contributed by atoms with Crippen molar-refractivity contribution in [2.75, 3.05) is 32.7 Å². The van der Waals surface area contributed by atoms with Gasteiger partial charge < -0.3 is 5.32 Å². The van der Waals surface area contributed by atoms with Gasteiger partial charge in [-0.05, 0) is 38.1 Å². The van der Waals surface area contributed by atoms with Gasteiger partial charge in [-0.15, -0.1) is 0 Å². The quantitative estimate of drug-likeness (QED) is 0.726. The smallest absolute Gasteiger partial charge is 0.282 e. The molecule has 1 N–H and O–H groups in total. The normalized spacial score (nSPS) is 24.5. The van der Waals surface area contributed by atoms with Gasteiger partial charge in [-0.2, -0.15) is 17.0 Å². The molecule has 1 saturated heterocycles. The summed E-state index contributed by atoms with van der Waals surface area (Å²) in [5.41, 5.74) is 0.